The highest BCUT2D eigenvalue weighted by Crippen LogP contribution is 2.38. The minimum atomic E-state index is -4.00. The SMILES string of the molecule is CC1CCCCN1CCNC(=O)c1ccc2c(c1)N(Cc1ccc(Cl)cc1)C(=O)c1ccccc1S2(=O)=O. The number of sulfone groups is 1. The third-order valence-electron chi connectivity index (χ3n) is 7.33. The van der Waals surface area contributed by atoms with E-state index in [1.807, 2.05) is 0 Å². The van der Waals surface area contributed by atoms with Crippen LogP contribution in [0.4, 0.5) is 5.69 Å². The van der Waals surface area contributed by atoms with Crippen molar-refractivity contribution >= 4 is 38.9 Å². The third kappa shape index (κ3) is 5.21. The summed E-state index contributed by atoms with van der Waals surface area (Å²) in [6.07, 6.45) is 3.56. The fourth-order valence-corrected chi connectivity index (χ4v) is 6.94. The van der Waals surface area contributed by atoms with Gasteiger partial charge in [-0.3, -0.25) is 14.5 Å². The van der Waals surface area contributed by atoms with Crippen molar-refractivity contribution < 1.29 is 18.0 Å². The van der Waals surface area contributed by atoms with Crippen LogP contribution in [-0.2, 0) is 16.4 Å². The van der Waals surface area contributed by atoms with Crippen LogP contribution in [0.25, 0.3) is 0 Å². The summed E-state index contributed by atoms with van der Waals surface area (Å²) in [5.74, 6) is -0.759. The van der Waals surface area contributed by atoms with Crippen molar-refractivity contribution in [3.05, 3.63) is 88.4 Å². The highest BCUT2D eigenvalue weighted by Gasteiger charge is 2.36. The molecule has 0 aromatic heterocycles. The summed E-state index contributed by atoms with van der Waals surface area (Å²) in [6.45, 7) is 4.58. The first-order chi connectivity index (χ1) is 18.3. The van der Waals surface area contributed by atoms with E-state index >= 15 is 0 Å². The number of carbonyl (C=O) groups excluding carboxylic acids is 2. The Morgan fingerprint density at radius 2 is 1.79 bits per heavy atom. The average molecular weight is 552 g/mol. The Kier molecular flexibility index (Phi) is 7.56. The van der Waals surface area contributed by atoms with E-state index in [1.165, 1.54) is 41.7 Å². The first kappa shape index (κ1) is 26.4. The highest BCUT2D eigenvalue weighted by atomic mass is 35.5. The molecule has 5 rings (SSSR count). The Hall–Kier alpha value is -3.20. The predicted octanol–water partition coefficient (Wildman–Crippen LogP) is 4.94. The van der Waals surface area contributed by atoms with Crippen LogP contribution in [-0.4, -0.2) is 50.8 Å². The molecule has 3 aromatic rings. The number of likely N-dealkylation sites (tertiary alicyclic amines) is 1. The van der Waals surface area contributed by atoms with E-state index in [1.54, 1.807) is 36.4 Å². The molecule has 0 spiro atoms. The maximum atomic E-state index is 13.7. The summed E-state index contributed by atoms with van der Waals surface area (Å²) < 4.78 is 27.3. The summed E-state index contributed by atoms with van der Waals surface area (Å²) in [5.41, 5.74) is 1.35. The van der Waals surface area contributed by atoms with Crippen molar-refractivity contribution in [2.24, 2.45) is 0 Å². The Balaban J connectivity index is 1.48. The van der Waals surface area contributed by atoms with Gasteiger partial charge in [-0.1, -0.05) is 42.3 Å². The maximum absolute atomic E-state index is 13.7. The number of nitrogens with zero attached hydrogens (tertiary/aromatic N) is 2. The summed E-state index contributed by atoms with van der Waals surface area (Å²) >= 11 is 6.04. The minimum Gasteiger partial charge on any atom is -0.351 e. The molecule has 2 aliphatic rings. The van der Waals surface area contributed by atoms with Crippen molar-refractivity contribution in [1.82, 2.24) is 10.2 Å². The molecular weight excluding hydrogens is 522 g/mol. The van der Waals surface area contributed by atoms with Crippen LogP contribution in [0.3, 0.4) is 0 Å². The van der Waals surface area contributed by atoms with Gasteiger partial charge in [0.25, 0.3) is 11.8 Å². The van der Waals surface area contributed by atoms with E-state index in [0.717, 1.165) is 31.5 Å². The van der Waals surface area contributed by atoms with Gasteiger partial charge in [-0.2, -0.15) is 0 Å². The van der Waals surface area contributed by atoms with Crippen molar-refractivity contribution in [1.29, 1.82) is 0 Å². The molecule has 0 bridgehead atoms. The number of benzene rings is 3. The van der Waals surface area contributed by atoms with Gasteiger partial charge in [0.2, 0.25) is 9.84 Å². The molecule has 0 radical (unpaired) electrons. The summed E-state index contributed by atoms with van der Waals surface area (Å²) in [5, 5.41) is 3.52. The number of fused-ring (bicyclic) bond motifs is 2. The lowest BCUT2D eigenvalue weighted by Gasteiger charge is -2.33. The second-order valence-electron chi connectivity index (χ2n) is 9.84. The van der Waals surface area contributed by atoms with E-state index in [0.29, 0.717) is 23.2 Å². The zero-order chi connectivity index (χ0) is 26.9. The van der Waals surface area contributed by atoms with Gasteiger partial charge in [0.15, 0.2) is 0 Å². The quantitative estimate of drug-likeness (QED) is 0.469. The first-order valence-electron chi connectivity index (χ1n) is 12.8. The molecule has 3 aromatic carbocycles. The van der Waals surface area contributed by atoms with E-state index in [9.17, 15) is 18.0 Å². The van der Waals surface area contributed by atoms with E-state index in [4.69, 9.17) is 11.6 Å². The number of carbonyl (C=O) groups is 2. The van der Waals surface area contributed by atoms with Gasteiger partial charge in [-0.15, -0.1) is 0 Å². The molecule has 0 aliphatic carbocycles. The molecule has 198 valence electrons. The topological polar surface area (TPSA) is 86.8 Å². The molecule has 1 N–H and O–H groups in total. The Morgan fingerprint density at radius 3 is 2.55 bits per heavy atom. The number of hydrogen-bond donors (Lipinski definition) is 1. The van der Waals surface area contributed by atoms with Crippen LogP contribution >= 0.6 is 11.6 Å². The van der Waals surface area contributed by atoms with Gasteiger partial charge in [-0.25, -0.2) is 8.42 Å². The lowest BCUT2D eigenvalue weighted by Crippen LogP contribution is -2.42. The number of piperidine rings is 1. The number of anilines is 1. The fourth-order valence-electron chi connectivity index (χ4n) is 5.18. The van der Waals surface area contributed by atoms with Crippen LogP contribution in [0.5, 0.6) is 0 Å². The molecule has 2 heterocycles. The van der Waals surface area contributed by atoms with Crippen molar-refractivity contribution in [2.75, 3.05) is 24.5 Å². The van der Waals surface area contributed by atoms with Crippen molar-refractivity contribution in [3.8, 4) is 0 Å². The molecule has 1 saturated heterocycles. The summed E-state index contributed by atoms with van der Waals surface area (Å²) in [6, 6.07) is 18.2. The normalized spacial score (nSPS) is 18.8. The van der Waals surface area contributed by atoms with Gasteiger partial charge in [-0.05, 0) is 74.3 Å². The summed E-state index contributed by atoms with van der Waals surface area (Å²) in [7, 11) is -4.00. The predicted molar refractivity (Wildman–Crippen MR) is 148 cm³/mol. The molecule has 38 heavy (non-hydrogen) atoms. The highest BCUT2D eigenvalue weighted by molar-refractivity contribution is 7.91. The largest absolute Gasteiger partial charge is 0.351 e. The van der Waals surface area contributed by atoms with Gasteiger partial charge in [0.05, 0.1) is 27.6 Å². The number of nitrogens with one attached hydrogen (secondary N) is 1. The molecule has 9 heteroatoms. The van der Waals surface area contributed by atoms with E-state index in [-0.39, 0.29) is 33.5 Å². The Bertz CT molecular complexity index is 1470. The molecular formula is C29H30ClN3O4S. The number of rotatable bonds is 6. The molecule has 1 fully saturated rings. The third-order valence-corrected chi connectivity index (χ3v) is 9.44. The van der Waals surface area contributed by atoms with Crippen LogP contribution < -0.4 is 10.2 Å². The van der Waals surface area contributed by atoms with Crippen LogP contribution in [0.2, 0.25) is 5.02 Å². The second kappa shape index (κ2) is 10.9. The standard InChI is InChI=1S/C29H30ClN3O4S/c1-20-6-4-5-16-32(20)17-15-31-28(34)22-11-14-27-25(18-22)33(19-21-9-12-23(30)13-10-21)29(35)24-7-2-3-8-26(24)38(27,36)37/h2-3,7-14,18,20H,4-6,15-17,19H2,1H3,(H,31,34). The molecule has 1 atom stereocenters. The summed E-state index contributed by atoms with van der Waals surface area (Å²) in [4.78, 5) is 30.6. The van der Waals surface area contributed by atoms with Gasteiger partial charge < -0.3 is 10.2 Å². The minimum absolute atomic E-state index is 0.0107. The van der Waals surface area contributed by atoms with Crippen LogP contribution in [0.1, 0.15) is 52.5 Å². The van der Waals surface area contributed by atoms with Gasteiger partial charge in [0.1, 0.15) is 0 Å². The average Bonchev–Trinajstić information content (AvgIpc) is 2.99. The Labute approximate surface area is 228 Å². The zero-order valence-corrected chi connectivity index (χ0v) is 22.8. The Morgan fingerprint density at radius 1 is 1.03 bits per heavy atom. The molecule has 7 nitrogen and oxygen atoms in total. The maximum Gasteiger partial charge on any atom is 0.259 e. The lowest BCUT2D eigenvalue weighted by molar-refractivity contribution is 0.0936. The van der Waals surface area contributed by atoms with E-state index in [2.05, 4.69) is 17.1 Å². The molecule has 1 unspecified atom stereocenters. The van der Waals surface area contributed by atoms with E-state index < -0.39 is 15.7 Å². The van der Waals surface area contributed by atoms with Gasteiger partial charge >= 0.3 is 0 Å². The number of amides is 2. The molecule has 0 saturated carbocycles. The lowest BCUT2D eigenvalue weighted by atomic mass is 10.0. The zero-order valence-electron chi connectivity index (χ0n) is 21.2. The second-order valence-corrected chi connectivity index (χ2v) is 12.2. The van der Waals surface area contributed by atoms with Crippen LogP contribution in [0, 0.1) is 0 Å². The molecule has 2 amide bonds. The fraction of sp³-hybridized carbons (Fsp3) is 0.310. The van der Waals surface area contributed by atoms with Crippen molar-refractivity contribution in [2.45, 2.75) is 48.6 Å². The monoisotopic (exact) mass is 551 g/mol. The van der Waals surface area contributed by atoms with Crippen LogP contribution in [0.15, 0.2) is 76.5 Å². The molecule has 2 aliphatic heterocycles. The van der Waals surface area contributed by atoms with Crippen molar-refractivity contribution in [3.63, 3.8) is 0 Å². The first-order valence-corrected chi connectivity index (χ1v) is 14.7. The smallest absolute Gasteiger partial charge is 0.259 e. The number of halogens is 1. The van der Waals surface area contributed by atoms with Gasteiger partial charge in [0, 0.05) is 29.7 Å². The number of hydrogen-bond acceptors (Lipinski definition) is 5.